The van der Waals surface area contributed by atoms with E-state index in [-0.39, 0.29) is 35.5 Å². The Morgan fingerprint density at radius 1 is 1.38 bits per heavy atom. The first-order valence-electron chi connectivity index (χ1n) is 8.68. The Hall–Kier alpha value is -2.98. The van der Waals surface area contributed by atoms with Gasteiger partial charge in [-0.3, -0.25) is 14.9 Å². The van der Waals surface area contributed by atoms with E-state index in [9.17, 15) is 14.9 Å². The maximum Gasteiger partial charge on any atom is 0.271 e. The Morgan fingerprint density at radius 3 is 2.86 bits per heavy atom. The summed E-state index contributed by atoms with van der Waals surface area (Å²) < 4.78 is 11.1. The third-order valence-electron chi connectivity index (χ3n) is 3.85. The molecule has 2 aromatic heterocycles. The summed E-state index contributed by atoms with van der Waals surface area (Å²) in [6, 6.07) is 7.56. The molecule has 0 saturated carbocycles. The van der Waals surface area contributed by atoms with Gasteiger partial charge < -0.3 is 14.1 Å². The zero-order valence-electron chi connectivity index (χ0n) is 15.4. The molecule has 0 unspecified atom stereocenters. The molecule has 1 amide bonds. The van der Waals surface area contributed by atoms with Crippen LogP contribution in [-0.4, -0.2) is 39.1 Å². The molecule has 152 valence electrons. The van der Waals surface area contributed by atoms with Gasteiger partial charge in [0.2, 0.25) is 5.89 Å². The number of hydrogen-bond donors (Lipinski definition) is 0. The summed E-state index contributed by atoms with van der Waals surface area (Å²) in [6.07, 6.45) is 0.732. The van der Waals surface area contributed by atoms with Crippen LogP contribution in [0.5, 0.6) is 5.75 Å². The number of nitro benzene ring substituents is 1. The second-order valence-electron chi connectivity index (χ2n) is 5.95. The molecule has 11 heteroatoms. The van der Waals surface area contributed by atoms with Gasteiger partial charge in [-0.25, -0.2) is 0 Å². The van der Waals surface area contributed by atoms with Crippen molar-refractivity contribution in [2.24, 2.45) is 0 Å². The maximum atomic E-state index is 12.6. The number of non-ortho nitro benzene ring substituents is 1. The Kier molecular flexibility index (Phi) is 6.78. The van der Waals surface area contributed by atoms with Gasteiger partial charge in [-0.05, 0) is 23.9 Å². The van der Waals surface area contributed by atoms with Gasteiger partial charge in [0.05, 0.1) is 21.4 Å². The molecular formula is C18H17ClN4O5S. The van der Waals surface area contributed by atoms with Gasteiger partial charge in [0.1, 0.15) is 5.75 Å². The molecule has 0 fully saturated rings. The summed E-state index contributed by atoms with van der Waals surface area (Å²) in [5, 5.41) is 20.8. The Bertz CT molecular complexity index is 992. The standard InChI is InChI=1S/C18H17ClN4O5S/c1-2-7-22(10-16-20-21-18(28-16)15-4-3-8-29-15)17(24)11-27-14-6-5-12(23(25)26)9-13(14)19/h3-6,8-9H,2,7,10-11H2,1H3. The number of benzene rings is 1. The van der Waals surface area contributed by atoms with Crippen LogP contribution in [0.2, 0.25) is 5.02 Å². The first kappa shape index (κ1) is 20.7. The zero-order valence-corrected chi connectivity index (χ0v) is 17.0. The molecule has 0 aliphatic rings. The van der Waals surface area contributed by atoms with E-state index in [1.165, 1.54) is 29.5 Å². The topological polar surface area (TPSA) is 112 Å². The van der Waals surface area contributed by atoms with Crippen LogP contribution in [0.15, 0.2) is 40.1 Å². The predicted octanol–water partition coefficient (Wildman–Crippen LogP) is 4.18. The molecule has 0 spiro atoms. The van der Waals surface area contributed by atoms with E-state index in [0.29, 0.717) is 18.3 Å². The highest BCUT2D eigenvalue weighted by Gasteiger charge is 2.19. The van der Waals surface area contributed by atoms with Gasteiger partial charge in [0.15, 0.2) is 6.61 Å². The maximum absolute atomic E-state index is 12.6. The Balaban J connectivity index is 1.63. The van der Waals surface area contributed by atoms with E-state index >= 15 is 0 Å². The molecule has 3 aromatic rings. The minimum atomic E-state index is -0.557. The van der Waals surface area contributed by atoms with E-state index in [0.717, 1.165) is 11.3 Å². The third kappa shape index (κ3) is 5.30. The number of carbonyl (C=O) groups excluding carboxylic acids is 1. The molecule has 0 bridgehead atoms. The van der Waals surface area contributed by atoms with Crippen LogP contribution in [-0.2, 0) is 11.3 Å². The Morgan fingerprint density at radius 2 is 2.21 bits per heavy atom. The smallest absolute Gasteiger partial charge is 0.271 e. The number of rotatable bonds is 9. The van der Waals surface area contributed by atoms with Crippen LogP contribution in [0.25, 0.3) is 10.8 Å². The summed E-state index contributed by atoms with van der Waals surface area (Å²) in [4.78, 5) is 25.2. The fraction of sp³-hybridized carbons (Fsp3) is 0.278. The lowest BCUT2D eigenvalue weighted by Crippen LogP contribution is -2.35. The summed E-state index contributed by atoms with van der Waals surface area (Å²) in [6.45, 7) is 2.30. The number of ether oxygens (including phenoxy) is 1. The van der Waals surface area contributed by atoms with E-state index < -0.39 is 4.92 Å². The fourth-order valence-corrected chi connectivity index (χ4v) is 3.37. The first-order valence-corrected chi connectivity index (χ1v) is 9.94. The van der Waals surface area contributed by atoms with Crippen molar-refractivity contribution in [1.82, 2.24) is 15.1 Å². The van der Waals surface area contributed by atoms with Crippen LogP contribution in [0.1, 0.15) is 19.2 Å². The van der Waals surface area contributed by atoms with Crippen molar-refractivity contribution in [3.05, 3.63) is 56.7 Å². The van der Waals surface area contributed by atoms with Crippen molar-refractivity contribution in [3.63, 3.8) is 0 Å². The highest BCUT2D eigenvalue weighted by atomic mass is 35.5. The van der Waals surface area contributed by atoms with Crippen molar-refractivity contribution < 1.29 is 18.9 Å². The summed E-state index contributed by atoms with van der Waals surface area (Å²) >= 11 is 7.48. The second kappa shape index (κ2) is 9.48. The lowest BCUT2D eigenvalue weighted by molar-refractivity contribution is -0.384. The van der Waals surface area contributed by atoms with Gasteiger partial charge in [0, 0.05) is 18.7 Å². The molecule has 0 atom stereocenters. The molecule has 0 N–H and O–H groups in total. The lowest BCUT2D eigenvalue weighted by atomic mass is 10.3. The number of nitro groups is 1. The van der Waals surface area contributed by atoms with Crippen LogP contribution in [0.3, 0.4) is 0 Å². The minimum Gasteiger partial charge on any atom is -0.482 e. The predicted molar refractivity (Wildman–Crippen MR) is 107 cm³/mol. The van der Waals surface area contributed by atoms with Crippen LogP contribution in [0.4, 0.5) is 5.69 Å². The number of thiophene rings is 1. The van der Waals surface area contributed by atoms with Crippen LogP contribution in [0, 0.1) is 10.1 Å². The number of aromatic nitrogens is 2. The molecule has 0 radical (unpaired) electrons. The van der Waals surface area contributed by atoms with E-state index in [4.69, 9.17) is 20.8 Å². The van der Waals surface area contributed by atoms with Gasteiger partial charge in [-0.1, -0.05) is 24.6 Å². The van der Waals surface area contributed by atoms with Crippen molar-refractivity contribution in [3.8, 4) is 16.5 Å². The highest BCUT2D eigenvalue weighted by Crippen LogP contribution is 2.28. The van der Waals surface area contributed by atoms with Crippen molar-refractivity contribution in [2.45, 2.75) is 19.9 Å². The average molecular weight is 437 g/mol. The normalized spacial score (nSPS) is 10.7. The summed E-state index contributed by atoms with van der Waals surface area (Å²) in [7, 11) is 0. The molecule has 1 aromatic carbocycles. The second-order valence-corrected chi connectivity index (χ2v) is 7.31. The molecule has 0 aliphatic carbocycles. The lowest BCUT2D eigenvalue weighted by Gasteiger charge is -2.20. The molecule has 0 saturated heterocycles. The molecule has 9 nitrogen and oxygen atoms in total. The number of nitrogens with zero attached hydrogens (tertiary/aromatic N) is 4. The largest absolute Gasteiger partial charge is 0.482 e. The molecule has 29 heavy (non-hydrogen) atoms. The summed E-state index contributed by atoms with van der Waals surface area (Å²) in [5.41, 5.74) is -0.153. The fourth-order valence-electron chi connectivity index (χ4n) is 2.49. The zero-order chi connectivity index (χ0) is 20.8. The van der Waals surface area contributed by atoms with Crippen LogP contribution >= 0.6 is 22.9 Å². The van der Waals surface area contributed by atoms with Crippen molar-refractivity contribution >= 4 is 34.5 Å². The van der Waals surface area contributed by atoms with Crippen molar-refractivity contribution in [1.29, 1.82) is 0 Å². The molecule has 2 heterocycles. The number of amides is 1. The molecule has 0 aliphatic heterocycles. The Labute approximate surface area is 175 Å². The van der Waals surface area contributed by atoms with Crippen LogP contribution < -0.4 is 4.74 Å². The molecule has 3 rings (SSSR count). The highest BCUT2D eigenvalue weighted by molar-refractivity contribution is 7.13. The quantitative estimate of drug-likeness (QED) is 0.365. The number of hydrogen-bond acceptors (Lipinski definition) is 8. The summed E-state index contributed by atoms with van der Waals surface area (Å²) in [5.74, 6) is 0.633. The van der Waals surface area contributed by atoms with Gasteiger partial charge in [-0.2, -0.15) is 0 Å². The van der Waals surface area contributed by atoms with Gasteiger partial charge in [-0.15, -0.1) is 21.5 Å². The SMILES string of the molecule is CCCN(Cc1nnc(-c2cccs2)o1)C(=O)COc1ccc([N+](=O)[O-])cc1Cl. The van der Waals surface area contributed by atoms with Gasteiger partial charge in [0.25, 0.3) is 17.5 Å². The third-order valence-corrected chi connectivity index (χ3v) is 5.00. The molecular weight excluding hydrogens is 420 g/mol. The van der Waals surface area contributed by atoms with Crippen molar-refractivity contribution in [2.75, 3.05) is 13.2 Å². The van der Waals surface area contributed by atoms with E-state index in [2.05, 4.69) is 10.2 Å². The monoisotopic (exact) mass is 436 g/mol. The van der Waals surface area contributed by atoms with Gasteiger partial charge >= 0.3 is 0 Å². The minimum absolute atomic E-state index is 0.0616. The average Bonchev–Trinajstić information content (AvgIpc) is 3.38. The number of carbonyl (C=O) groups is 1. The number of halogens is 1. The van der Waals surface area contributed by atoms with E-state index in [1.54, 1.807) is 4.90 Å². The van der Waals surface area contributed by atoms with E-state index in [1.807, 2.05) is 24.4 Å². The first-order chi connectivity index (χ1) is 14.0.